The van der Waals surface area contributed by atoms with E-state index in [0.717, 1.165) is 17.5 Å². The number of thiazole rings is 1. The Balaban J connectivity index is 1.78. The highest BCUT2D eigenvalue weighted by Crippen LogP contribution is 2.17. The van der Waals surface area contributed by atoms with Crippen molar-refractivity contribution >= 4 is 49.2 Å². The highest BCUT2D eigenvalue weighted by atomic mass is 32.2. The Labute approximate surface area is 190 Å². The molecule has 0 N–H and O–H groups in total. The summed E-state index contributed by atoms with van der Waals surface area (Å²) in [5.41, 5.74) is 0.689. The van der Waals surface area contributed by atoms with E-state index in [0.29, 0.717) is 24.5 Å². The fraction of sp³-hybridized carbons (Fsp3) is 0.524. The largest absolute Gasteiger partial charge is 0.465 e. The van der Waals surface area contributed by atoms with E-state index in [1.807, 2.05) is 19.1 Å². The van der Waals surface area contributed by atoms with Crippen molar-refractivity contribution in [1.82, 2.24) is 9.47 Å². The molecule has 1 aliphatic heterocycles. The second kappa shape index (κ2) is 10.4. The van der Waals surface area contributed by atoms with Crippen LogP contribution in [0.15, 0.2) is 29.3 Å². The number of hydrogen-bond acceptors (Lipinski definition) is 7. The summed E-state index contributed by atoms with van der Waals surface area (Å²) in [4.78, 5) is 42.6. The van der Waals surface area contributed by atoms with Gasteiger partial charge in [-0.1, -0.05) is 30.4 Å². The summed E-state index contributed by atoms with van der Waals surface area (Å²) in [5, 5.41) is 0. The lowest BCUT2D eigenvalue weighted by Gasteiger charge is -2.30. The molecule has 1 aromatic heterocycles. The second-order valence-electron chi connectivity index (χ2n) is 7.87. The first-order valence-electron chi connectivity index (χ1n) is 10.5. The Morgan fingerprint density at radius 1 is 1.22 bits per heavy atom. The van der Waals surface area contributed by atoms with Crippen LogP contribution in [0.1, 0.15) is 26.7 Å². The van der Waals surface area contributed by atoms with Gasteiger partial charge in [0.25, 0.3) is 5.91 Å². The monoisotopic (exact) mass is 481 g/mol. The minimum atomic E-state index is -3.97. The average Bonchev–Trinajstić information content (AvgIpc) is 3.04. The van der Waals surface area contributed by atoms with Gasteiger partial charge in [0.2, 0.25) is 5.91 Å². The number of amides is 2. The van der Waals surface area contributed by atoms with Crippen LogP contribution in [-0.2, 0) is 35.5 Å². The SMILES string of the molecule is CCOC(=O)Cn1c(=NC(=O)CS(=O)(=O)CC(=O)N2CCCC(C)C2)sc2ccccc21. The summed E-state index contributed by atoms with van der Waals surface area (Å²) in [6.45, 7) is 4.85. The zero-order chi connectivity index (χ0) is 23.3. The number of sulfone groups is 1. The van der Waals surface area contributed by atoms with Gasteiger partial charge < -0.3 is 14.2 Å². The van der Waals surface area contributed by atoms with E-state index >= 15 is 0 Å². The van der Waals surface area contributed by atoms with Crippen molar-refractivity contribution in [3.05, 3.63) is 29.1 Å². The fourth-order valence-corrected chi connectivity index (χ4v) is 5.82. The molecule has 0 radical (unpaired) electrons. The Morgan fingerprint density at radius 2 is 1.97 bits per heavy atom. The van der Waals surface area contributed by atoms with E-state index in [1.54, 1.807) is 24.0 Å². The first-order valence-corrected chi connectivity index (χ1v) is 13.1. The van der Waals surface area contributed by atoms with Crippen molar-refractivity contribution in [2.24, 2.45) is 10.9 Å². The van der Waals surface area contributed by atoms with E-state index in [2.05, 4.69) is 4.99 Å². The van der Waals surface area contributed by atoms with Crippen LogP contribution in [0.25, 0.3) is 10.2 Å². The number of piperidine rings is 1. The standard InChI is InChI=1S/C21H27N3O6S2/c1-3-30-20(27)12-24-16-8-4-5-9-17(16)31-21(24)22-18(25)13-32(28,29)14-19(26)23-10-6-7-15(2)11-23/h4-5,8-9,15H,3,6-7,10-14H2,1-2H3. The number of aromatic nitrogens is 1. The third kappa shape index (κ3) is 6.26. The third-order valence-electron chi connectivity index (χ3n) is 5.10. The normalized spacial score (nSPS) is 17.5. The molecule has 1 saturated heterocycles. The Kier molecular flexibility index (Phi) is 7.83. The summed E-state index contributed by atoms with van der Waals surface area (Å²) in [6.07, 6.45) is 1.85. The number of fused-ring (bicyclic) bond motifs is 1. The molecule has 174 valence electrons. The summed E-state index contributed by atoms with van der Waals surface area (Å²) >= 11 is 1.17. The predicted molar refractivity (Wildman–Crippen MR) is 121 cm³/mol. The van der Waals surface area contributed by atoms with Crippen molar-refractivity contribution in [2.45, 2.75) is 33.2 Å². The van der Waals surface area contributed by atoms with Crippen LogP contribution in [0.2, 0.25) is 0 Å². The maximum Gasteiger partial charge on any atom is 0.326 e. The topological polar surface area (TPSA) is 115 Å². The number of carbonyl (C=O) groups is 3. The van der Waals surface area contributed by atoms with Crippen LogP contribution in [0.3, 0.4) is 0 Å². The molecule has 1 atom stereocenters. The molecule has 1 aromatic carbocycles. The number of carbonyl (C=O) groups excluding carboxylic acids is 3. The van der Waals surface area contributed by atoms with Crippen molar-refractivity contribution < 1.29 is 27.5 Å². The highest BCUT2D eigenvalue weighted by Gasteiger charge is 2.27. The number of likely N-dealkylation sites (tertiary alicyclic amines) is 1. The maximum atomic E-state index is 12.5. The maximum absolute atomic E-state index is 12.5. The number of ether oxygens (including phenoxy) is 1. The summed E-state index contributed by atoms with van der Waals surface area (Å²) in [5.74, 6) is -3.10. The zero-order valence-corrected chi connectivity index (χ0v) is 19.8. The van der Waals surface area contributed by atoms with Gasteiger partial charge >= 0.3 is 5.97 Å². The molecule has 3 rings (SSSR count). The molecule has 0 saturated carbocycles. The molecule has 0 bridgehead atoms. The lowest BCUT2D eigenvalue weighted by atomic mass is 10.0. The van der Waals surface area contributed by atoms with Crippen molar-refractivity contribution in [3.63, 3.8) is 0 Å². The van der Waals surface area contributed by atoms with Crippen molar-refractivity contribution in [2.75, 3.05) is 31.2 Å². The minimum Gasteiger partial charge on any atom is -0.465 e. The van der Waals surface area contributed by atoms with Crippen LogP contribution < -0.4 is 4.80 Å². The van der Waals surface area contributed by atoms with E-state index in [1.165, 1.54) is 15.9 Å². The van der Waals surface area contributed by atoms with Crippen LogP contribution in [0.5, 0.6) is 0 Å². The summed E-state index contributed by atoms with van der Waals surface area (Å²) in [6, 6.07) is 7.21. The van der Waals surface area contributed by atoms with E-state index in [4.69, 9.17) is 4.74 Å². The number of hydrogen-bond donors (Lipinski definition) is 0. The van der Waals surface area contributed by atoms with Crippen molar-refractivity contribution in [1.29, 1.82) is 0 Å². The molecular weight excluding hydrogens is 454 g/mol. The van der Waals surface area contributed by atoms with Gasteiger partial charge in [-0.3, -0.25) is 14.4 Å². The fourth-order valence-electron chi connectivity index (χ4n) is 3.67. The average molecular weight is 482 g/mol. The molecule has 0 aliphatic carbocycles. The van der Waals surface area contributed by atoms with Crippen LogP contribution in [-0.4, -0.2) is 66.9 Å². The van der Waals surface area contributed by atoms with Gasteiger partial charge in [0.15, 0.2) is 14.6 Å². The second-order valence-corrected chi connectivity index (χ2v) is 10.9. The first-order chi connectivity index (χ1) is 15.2. The molecule has 2 aromatic rings. The highest BCUT2D eigenvalue weighted by molar-refractivity contribution is 7.92. The summed E-state index contributed by atoms with van der Waals surface area (Å²) < 4.78 is 32.3. The van der Waals surface area contributed by atoms with Gasteiger partial charge in [-0.15, -0.1) is 0 Å². The van der Waals surface area contributed by atoms with Gasteiger partial charge in [0.1, 0.15) is 18.1 Å². The number of nitrogens with zero attached hydrogens (tertiary/aromatic N) is 3. The van der Waals surface area contributed by atoms with Gasteiger partial charge in [0.05, 0.1) is 16.8 Å². The Hall–Kier alpha value is -2.53. The minimum absolute atomic E-state index is 0.150. The number of benzene rings is 1. The van der Waals surface area contributed by atoms with Gasteiger partial charge in [-0.25, -0.2) is 8.42 Å². The van der Waals surface area contributed by atoms with Crippen LogP contribution in [0, 0.1) is 5.92 Å². The first kappa shape index (κ1) is 24.1. The molecule has 2 amide bonds. The molecule has 11 heteroatoms. The van der Waals surface area contributed by atoms with Crippen LogP contribution >= 0.6 is 11.3 Å². The van der Waals surface area contributed by atoms with Crippen LogP contribution in [0.4, 0.5) is 0 Å². The molecule has 1 aliphatic rings. The van der Waals surface area contributed by atoms with E-state index < -0.39 is 39.1 Å². The number of rotatable bonds is 7. The number of esters is 1. The molecule has 2 heterocycles. The Morgan fingerprint density at radius 3 is 2.69 bits per heavy atom. The molecule has 9 nitrogen and oxygen atoms in total. The van der Waals surface area contributed by atoms with E-state index in [-0.39, 0.29) is 18.0 Å². The van der Waals surface area contributed by atoms with Gasteiger partial charge in [-0.05, 0) is 37.8 Å². The summed E-state index contributed by atoms with van der Waals surface area (Å²) in [7, 11) is -3.97. The third-order valence-corrected chi connectivity index (χ3v) is 7.53. The molecule has 1 fully saturated rings. The Bertz CT molecular complexity index is 1180. The number of para-hydroxylation sites is 1. The molecule has 1 unspecified atom stereocenters. The predicted octanol–water partition coefficient (Wildman–Crippen LogP) is 1.37. The molecule has 0 spiro atoms. The van der Waals surface area contributed by atoms with Crippen molar-refractivity contribution in [3.8, 4) is 0 Å². The van der Waals surface area contributed by atoms with Gasteiger partial charge in [0, 0.05) is 13.1 Å². The zero-order valence-electron chi connectivity index (χ0n) is 18.2. The smallest absolute Gasteiger partial charge is 0.326 e. The lowest BCUT2D eigenvalue weighted by molar-refractivity contribution is -0.143. The molecular formula is C21H27N3O6S2. The quantitative estimate of drug-likeness (QED) is 0.552. The van der Waals surface area contributed by atoms with E-state index in [9.17, 15) is 22.8 Å². The lowest BCUT2D eigenvalue weighted by Crippen LogP contribution is -2.42. The van der Waals surface area contributed by atoms with Gasteiger partial charge in [-0.2, -0.15) is 4.99 Å². The molecule has 32 heavy (non-hydrogen) atoms.